The molecular weight excluding hydrogens is 250 g/mol. The lowest BCUT2D eigenvalue weighted by molar-refractivity contribution is 0.0602. The number of aromatic nitrogens is 3. The summed E-state index contributed by atoms with van der Waals surface area (Å²) >= 11 is 1.88. The quantitative estimate of drug-likeness (QED) is 0.776. The van der Waals surface area contributed by atoms with Crippen LogP contribution in [0.3, 0.4) is 0 Å². The molecule has 0 aliphatic carbocycles. The lowest BCUT2D eigenvalue weighted by atomic mass is 10.2. The molecular formula is C12H13N3O2S. The highest BCUT2D eigenvalue weighted by Crippen LogP contribution is 2.38. The molecule has 0 saturated carbocycles. The average Bonchev–Trinajstić information content (AvgIpc) is 3.04. The van der Waals surface area contributed by atoms with Gasteiger partial charge < -0.3 is 4.74 Å². The molecule has 3 heterocycles. The Hall–Kier alpha value is -1.56. The summed E-state index contributed by atoms with van der Waals surface area (Å²) in [6.07, 6.45) is 4.11. The van der Waals surface area contributed by atoms with Gasteiger partial charge >= 0.3 is 5.97 Å². The number of carbonyl (C=O) groups excluding carboxylic acids is 1. The van der Waals surface area contributed by atoms with E-state index < -0.39 is 0 Å². The van der Waals surface area contributed by atoms with Crippen molar-refractivity contribution >= 4 is 23.4 Å². The van der Waals surface area contributed by atoms with Crippen molar-refractivity contribution in [2.75, 3.05) is 12.9 Å². The van der Waals surface area contributed by atoms with Gasteiger partial charge in [0.2, 0.25) is 0 Å². The lowest BCUT2D eigenvalue weighted by Crippen LogP contribution is -2.04. The van der Waals surface area contributed by atoms with E-state index in [9.17, 15) is 4.79 Å². The number of carbonyl (C=O) groups is 1. The molecule has 1 unspecified atom stereocenters. The van der Waals surface area contributed by atoms with Gasteiger partial charge in [0, 0.05) is 6.20 Å². The van der Waals surface area contributed by atoms with E-state index in [1.54, 1.807) is 22.8 Å². The minimum atomic E-state index is -0.376. The van der Waals surface area contributed by atoms with Gasteiger partial charge in [0.15, 0.2) is 11.5 Å². The molecule has 94 valence electrons. The van der Waals surface area contributed by atoms with Gasteiger partial charge in [0.1, 0.15) is 5.56 Å². The van der Waals surface area contributed by atoms with Crippen molar-refractivity contribution in [1.29, 1.82) is 0 Å². The highest BCUT2D eigenvalue weighted by Gasteiger charge is 2.23. The molecule has 1 fully saturated rings. The van der Waals surface area contributed by atoms with Gasteiger partial charge in [-0.1, -0.05) is 0 Å². The van der Waals surface area contributed by atoms with Crippen LogP contribution in [0.25, 0.3) is 5.65 Å². The summed E-state index contributed by atoms with van der Waals surface area (Å²) in [7, 11) is 1.37. The molecule has 0 spiro atoms. The number of ether oxygens (including phenoxy) is 1. The molecule has 0 aromatic carbocycles. The smallest absolute Gasteiger partial charge is 0.341 e. The molecule has 0 radical (unpaired) electrons. The number of rotatable bonds is 2. The van der Waals surface area contributed by atoms with Crippen LogP contribution in [0, 0.1) is 0 Å². The van der Waals surface area contributed by atoms with Gasteiger partial charge in [-0.3, -0.25) is 0 Å². The van der Waals surface area contributed by atoms with E-state index in [0.717, 1.165) is 18.0 Å². The number of thioether (sulfide) groups is 1. The van der Waals surface area contributed by atoms with Crippen LogP contribution in [-0.4, -0.2) is 33.4 Å². The van der Waals surface area contributed by atoms with E-state index in [1.807, 2.05) is 11.8 Å². The van der Waals surface area contributed by atoms with Crippen molar-refractivity contribution in [3.63, 3.8) is 0 Å². The maximum atomic E-state index is 11.6. The maximum Gasteiger partial charge on any atom is 0.341 e. The minimum Gasteiger partial charge on any atom is -0.465 e. The zero-order valence-electron chi connectivity index (χ0n) is 10.00. The predicted molar refractivity (Wildman–Crippen MR) is 68.8 cm³/mol. The Morgan fingerprint density at radius 1 is 1.61 bits per heavy atom. The second-order valence-corrected chi connectivity index (χ2v) is 5.46. The number of fused-ring (bicyclic) bond motifs is 1. The third-order valence-corrected chi connectivity index (χ3v) is 4.37. The van der Waals surface area contributed by atoms with Crippen LogP contribution in [0.4, 0.5) is 0 Å². The van der Waals surface area contributed by atoms with Crippen molar-refractivity contribution < 1.29 is 9.53 Å². The van der Waals surface area contributed by atoms with Crippen LogP contribution in [0.15, 0.2) is 18.3 Å². The van der Waals surface area contributed by atoms with Crippen LogP contribution in [0.1, 0.15) is 34.3 Å². The topological polar surface area (TPSA) is 56.5 Å². The molecule has 0 N–H and O–H groups in total. The highest BCUT2D eigenvalue weighted by atomic mass is 32.2. The Morgan fingerprint density at radius 3 is 3.22 bits per heavy atom. The minimum absolute atomic E-state index is 0.357. The van der Waals surface area contributed by atoms with Crippen LogP contribution in [-0.2, 0) is 4.74 Å². The first-order valence-electron chi connectivity index (χ1n) is 5.85. The van der Waals surface area contributed by atoms with Gasteiger partial charge in [0.05, 0.1) is 12.4 Å². The van der Waals surface area contributed by atoms with Crippen LogP contribution in [0.2, 0.25) is 0 Å². The molecule has 1 aliphatic heterocycles. The van der Waals surface area contributed by atoms with Gasteiger partial charge in [-0.25, -0.2) is 14.3 Å². The number of hydrogen-bond acceptors (Lipinski definition) is 5. The molecule has 6 heteroatoms. The Balaban J connectivity index is 2.08. The number of methoxy groups -OCH3 is 1. The SMILES string of the molecule is COC(=O)c1cccn2nc(C3CCCS3)nc12. The summed E-state index contributed by atoms with van der Waals surface area (Å²) in [6, 6.07) is 3.49. The van der Waals surface area contributed by atoms with Gasteiger partial charge in [-0.05, 0) is 30.7 Å². The predicted octanol–water partition coefficient (Wildman–Crippen LogP) is 2.08. The van der Waals surface area contributed by atoms with E-state index >= 15 is 0 Å². The zero-order valence-corrected chi connectivity index (χ0v) is 10.8. The van der Waals surface area contributed by atoms with Gasteiger partial charge in [-0.15, -0.1) is 0 Å². The first-order valence-corrected chi connectivity index (χ1v) is 6.89. The largest absolute Gasteiger partial charge is 0.465 e. The molecule has 2 aromatic rings. The molecule has 5 nitrogen and oxygen atoms in total. The highest BCUT2D eigenvalue weighted by molar-refractivity contribution is 7.99. The monoisotopic (exact) mass is 263 g/mol. The molecule has 18 heavy (non-hydrogen) atoms. The standard InChI is InChI=1S/C12H13N3O2S/c1-17-12(16)8-4-2-6-15-11(8)13-10(14-15)9-5-3-7-18-9/h2,4,6,9H,3,5,7H2,1H3. The summed E-state index contributed by atoms with van der Waals surface area (Å²) in [5, 5.41) is 4.81. The Kier molecular flexibility index (Phi) is 2.95. The number of nitrogens with zero attached hydrogens (tertiary/aromatic N) is 3. The van der Waals surface area contributed by atoms with E-state index in [1.165, 1.54) is 13.5 Å². The molecule has 2 aromatic heterocycles. The molecule has 1 saturated heterocycles. The normalized spacial score (nSPS) is 19.3. The third-order valence-electron chi connectivity index (χ3n) is 3.00. The Bertz CT molecular complexity index is 590. The molecule has 3 rings (SSSR count). The van der Waals surface area contributed by atoms with Crippen molar-refractivity contribution in [1.82, 2.24) is 14.6 Å². The molecule has 1 atom stereocenters. The van der Waals surface area contributed by atoms with Crippen molar-refractivity contribution in [3.05, 3.63) is 29.7 Å². The fraction of sp³-hybridized carbons (Fsp3) is 0.417. The fourth-order valence-corrected chi connectivity index (χ4v) is 3.31. The van der Waals surface area contributed by atoms with Crippen LogP contribution < -0.4 is 0 Å². The second kappa shape index (κ2) is 4.61. The van der Waals surface area contributed by atoms with E-state index in [4.69, 9.17) is 4.74 Å². The summed E-state index contributed by atoms with van der Waals surface area (Å²) in [5.74, 6) is 1.59. The number of esters is 1. The number of pyridine rings is 1. The summed E-state index contributed by atoms with van der Waals surface area (Å²) in [4.78, 5) is 16.1. The maximum absolute atomic E-state index is 11.6. The van der Waals surface area contributed by atoms with E-state index in [0.29, 0.717) is 16.5 Å². The summed E-state index contributed by atoms with van der Waals surface area (Å²) in [6.45, 7) is 0. The lowest BCUT2D eigenvalue weighted by Gasteiger charge is -2.00. The third kappa shape index (κ3) is 1.86. The van der Waals surface area contributed by atoms with E-state index in [2.05, 4.69) is 10.1 Å². The first-order chi connectivity index (χ1) is 8.79. The second-order valence-electron chi connectivity index (χ2n) is 4.15. The fourth-order valence-electron chi connectivity index (χ4n) is 2.11. The molecule has 0 amide bonds. The Labute approximate surface area is 109 Å². The van der Waals surface area contributed by atoms with Crippen LogP contribution >= 0.6 is 11.8 Å². The zero-order chi connectivity index (χ0) is 12.5. The average molecular weight is 263 g/mol. The van der Waals surface area contributed by atoms with Gasteiger partial charge in [0.25, 0.3) is 0 Å². The number of hydrogen-bond donors (Lipinski definition) is 0. The Morgan fingerprint density at radius 2 is 2.50 bits per heavy atom. The molecule has 0 bridgehead atoms. The van der Waals surface area contributed by atoms with E-state index in [-0.39, 0.29) is 5.97 Å². The van der Waals surface area contributed by atoms with Crippen molar-refractivity contribution in [3.8, 4) is 0 Å². The summed E-state index contributed by atoms with van der Waals surface area (Å²) < 4.78 is 6.41. The molecule has 1 aliphatic rings. The first kappa shape index (κ1) is 11.5. The summed E-state index contributed by atoms with van der Waals surface area (Å²) in [5.41, 5.74) is 1.04. The van der Waals surface area contributed by atoms with Crippen LogP contribution in [0.5, 0.6) is 0 Å². The van der Waals surface area contributed by atoms with Gasteiger partial charge in [-0.2, -0.15) is 16.9 Å². The van der Waals surface area contributed by atoms with Crippen molar-refractivity contribution in [2.45, 2.75) is 18.1 Å². The van der Waals surface area contributed by atoms with Crippen molar-refractivity contribution in [2.24, 2.45) is 0 Å².